The van der Waals surface area contributed by atoms with Crippen LogP contribution in [0.15, 0.2) is 261 Å². The molecule has 0 aliphatic heterocycles. The van der Waals surface area contributed by atoms with Gasteiger partial charge in [0.15, 0.2) is 0 Å². The Labute approximate surface area is 437 Å². The quantitative estimate of drug-likeness (QED) is 0.160. The Balaban J connectivity index is 0.893. The van der Waals surface area contributed by atoms with Crippen LogP contribution in [0.2, 0.25) is 0 Å². The Morgan fingerprint density at radius 1 is 0.270 bits per heavy atom. The lowest BCUT2D eigenvalue weighted by Crippen LogP contribution is -2.26. The van der Waals surface area contributed by atoms with Gasteiger partial charge in [-0.15, -0.1) is 22.7 Å². The van der Waals surface area contributed by atoms with Crippen LogP contribution in [-0.4, -0.2) is 0 Å². The topological polar surface area (TPSA) is 3.24 Å². The summed E-state index contributed by atoms with van der Waals surface area (Å²) in [5, 5.41) is 7.66. The first-order valence-corrected chi connectivity index (χ1v) is 27.1. The molecule has 0 atom stereocenters. The van der Waals surface area contributed by atoms with E-state index >= 15 is 0 Å². The maximum atomic E-state index is 2.50. The van der Waals surface area contributed by atoms with E-state index in [0.29, 0.717) is 0 Å². The maximum Gasteiger partial charge on any atom is 0.0726 e. The van der Waals surface area contributed by atoms with Crippen LogP contribution in [0.4, 0.5) is 17.1 Å². The molecule has 1 nitrogen and oxygen atoms in total. The summed E-state index contributed by atoms with van der Waals surface area (Å²) in [4.78, 5) is 2.49. The second-order valence-electron chi connectivity index (χ2n) is 19.9. The van der Waals surface area contributed by atoms with Crippen LogP contribution in [0.5, 0.6) is 0 Å². The van der Waals surface area contributed by atoms with Gasteiger partial charge >= 0.3 is 0 Å². The minimum absolute atomic E-state index is 0.452. The average molecular weight is 974 g/mol. The molecule has 2 aliphatic rings. The van der Waals surface area contributed by atoms with E-state index < -0.39 is 5.41 Å². The van der Waals surface area contributed by atoms with E-state index in [-0.39, 0.29) is 0 Å². The van der Waals surface area contributed by atoms with Crippen LogP contribution in [-0.2, 0) is 5.41 Å². The van der Waals surface area contributed by atoms with Crippen LogP contribution in [0.3, 0.4) is 0 Å². The third-order valence-electron chi connectivity index (χ3n) is 16.1. The molecule has 0 N–H and O–H groups in total. The average Bonchev–Trinajstić information content (AvgIpc) is 4.34. The molecule has 0 amide bonds. The molecule has 2 heterocycles. The standard InChI is InChI=1S/C71H43NS2/c1-2-18-51-45(16-1)17-13-31-66(51)72(50-38-39-57-56-21-5-10-30-64(56)71(65(57)43-50)62-28-8-3-19-54(62)55-20-4-9-29-63(55)71)49-36-34-44(35-37-49)46-40-47(52-24-14-26-60-58-22-6-11-32-67(58)73-69(52)60)42-48(41-46)53-25-15-27-61-59-23-7-12-33-68(59)74-70(53)61/h1-43H. The lowest BCUT2D eigenvalue weighted by molar-refractivity contribution is 0.793. The molecule has 0 unspecified atom stereocenters. The molecule has 0 fully saturated rings. The van der Waals surface area contributed by atoms with Crippen LogP contribution < -0.4 is 4.90 Å². The molecule has 0 bridgehead atoms. The smallest absolute Gasteiger partial charge is 0.0726 e. The Kier molecular flexibility index (Phi) is 9.06. The van der Waals surface area contributed by atoms with Crippen molar-refractivity contribution < 1.29 is 0 Å². The first-order chi connectivity index (χ1) is 36.7. The number of rotatable bonds is 6. The van der Waals surface area contributed by atoms with Gasteiger partial charge in [0.2, 0.25) is 0 Å². The zero-order valence-electron chi connectivity index (χ0n) is 40.1. The van der Waals surface area contributed by atoms with E-state index in [0.717, 1.165) is 17.1 Å². The first-order valence-electron chi connectivity index (χ1n) is 25.5. The van der Waals surface area contributed by atoms with Crippen LogP contribution >= 0.6 is 22.7 Å². The molecule has 0 radical (unpaired) electrons. The number of hydrogen-bond acceptors (Lipinski definition) is 3. The predicted molar refractivity (Wildman–Crippen MR) is 317 cm³/mol. The predicted octanol–water partition coefficient (Wildman–Crippen LogP) is 20.4. The minimum Gasteiger partial charge on any atom is -0.310 e. The van der Waals surface area contributed by atoms with E-state index in [9.17, 15) is 0 Å². The lowest BCUT2D eigenvalue weighted by atomic mass is 9.70. The number of thiophene rings is 2. The van der Waals surface area contributed by atoms with E-state index in [2.05, 4.69) is 266 Å². The van der Waals surface area contributed by atoms with E-state index in [1.165, 1.54) is 129 Å². The molecule has 3 heteroatoms. The first kappa shape index (κ1) is 41.7. The second kappa shape index (κ2) is 16.1. The highest BCUT2D eigenvalue weighted by Crippen LogP contribution is 2.63. The lowest BCUT2D eigenvalue weighted by Gasteiger charge is -2.32. The zero-order chi connectivity index (χ0) is 48.5. The second-order valence-corrected chi connectivity index (χ2v) is 22.0. The van der Waals surface area contributed by atoms with Gasteiger partial charge in [-0.25, -0.2) is 0 Å². The van der Waals surface area contributed by atoms with Gasteiger partial charge in [0.05, 0.1) is 11.1 Å². The Morgan fingerprint density at radius 3 is 1.30 bits per heavy atom. The number of benzene rings is 12. The van der Waals surface area contributed by atoms with Crippen molar-refractivity contribution >= 4 is 90.9 Å². The van der Waals surface area contributed by atoms with E-state index in [4.69, 9.17) is 0 Å². The number of fused-ring (bicyclic) bond motifs is 17. The van der Waals surface area contributed by atoms with Crippen LogP contribution in [0.1, 0.15) is 22.3 Å². The van der Waals surface area contributed by atoms with Crippen molar-refractivity contribution in [1.82, 2.24) is 0 Å². The molecule has 16 rings (SSSR count). The van der Waals surface area contributed by atoms with E-state index in [1.54, 1.807) is 0 Å². The molecular formula is C71H43NS2. The SMILES string of the molecule is c1ccc2c(c1)-c1ccccc1C21c2ccccc2-c2ccc(N(c3ccc(-c4cc(-c5cccc6c5sc5ccccc56)cc(-c5cccc6c5sc5ccccc56)c4)cc3)c3cccc4ccccc34)cc21. The highest BCUT2D eigenvalue weighted by Gasteiger charge is 2.51. The molecule has 344 valence electrons. The van der Waals surface area contributed by atoms with Gasteiger partial charge in [0.25, 0.3) is 0 Å². The van der Waals surface area contributed by atoms with Crippen LogP contribution in [0.25, 0.3) is 107 Å². The molecular weight excluding hydrogens is 931 g/mol. The van der Waals surface area contributed by atoms with Crippen molar-refractivity contribution in [3.63, 3.8) is 0 Å². The third-order valence-corrected chi connectivity index (χ3v) is 18.5. The molecule has 0 saturated heterocycles. The minimum atomic E-state index is -0.452. The summed E-state index contributed by atoms with van der Waals surface area (Å²) >= 11 is 3.79. The molecule has 74 heavy (non-hydrogen) atoms. The van der Waals surface area contributed by atoms with Crippen LogP contribution in [0, 0.1) is 0 Å². The molecule has 14 aromatic rings. The number of anilines is 3. The van der Waals surface area contributed by atoms with Gasteiger partial charge in [0, 0.05) is 57.1 Å². The fourth-order valence-corrected chi connectivity index (χ4v) is 15.4. The summed E-state index contributed by atoms with van der Waals surface area (Å²) in [7, 11) is 0. The third kappa shape index (κ3) is 5.97. The van der Waals surface area contributed by atoms with Crippen molar-refractivity contribution in [3.05, 3.63) is 283 Å². The molecule has 2 aromatic heterocycles. The Morgan fingerprint density at radius 2 is 0.703 bits per heavy atom. The number of nitrogens with zero attached hydrogens (tertiary/aromatic N) is 1. The highest BCUT2D eigenvalue weighted by atomic mass is 32.1. The van der Waals surface area contributed by atoms with Gasteiger partial charge in [-0.2, -0.15) is 0 Å². The zero-order valence-corrected chi connectivity index (χ0v) is 41.7. The van der Waals surface area contributed by atoms with Gasteiger partial charge in [-0.3, -0.25) is 0 Å². The van der Waals surface area contributed by atoms with Crippen molar-refractivity contribution in [2.24, 2.45) is 0 Å². The largest absolute Gasteiger partial charge is 0.310 e. The summed E-state index contributed by atoms with van der Waals surface area (Å²) in [5.41, 5.74) is 20.8. The van der Waals surface area contributed by atoms with Crippen molar-refractivity contribution in [3.8, 4) is 55.6 Å². The fraction of sp³-hybridized carbons (Fsp3) is 0.0141. The van der Waals surface area contributed by atoms with Gasteiger partial charge < -0.3 is 4.90 Å². The Bertz CT molecular complexity index is 4430. The summed E-state index contributed by atoms with van der Waals surface area (Å²) in [5.74, 6) is 0. The molecule has 2 aliphatic carbocycles. The Hall–Kier alpha value is -8.86. The summed E-state index contributed by atoms with van der Waals surface area (Å²) in [6, 6.07) is 97.9. The van der Waals surface area contributed by atoms with Crippen molar-refractivity contribution in [2.75, 3.05) is 4.90 Å². The summed E-state index contributed by atoms with van der Waals surface area (Å²) in [6.07, 6.45) is 0. The molecule has 0 saturated carbocycles. The molecule has 1 spiro atoms. The van der Waals surface area contributed by atoms with Crippen molar-refractivity contribution in [1.29, 1.82) is 0 Å². The van der Waals surface area contributed by atoms with Gasteiger partial charge in [-0.05, 0) is 144 Å². The monoisotopic (exact) mass is 973 g/mol. The highest BCUT2D eigenvalue weighted by molar-refractivity contribution is 7.26. The normalized spacial score (nSPS) is 13.0. The number of hydrogen-bond donors (Lipinski definition) is 0. The van der Waals surface area contributed by atoms with Gasteiger partial charge in [-0.1, -0.05) is 200 Å². The summed E-state index contributed by atoms with van der Waals surface area (Å²) in [6.45, 7) is 0. The molecule has 12 aromatic carbocycles. The van der Waals surface area contributed by atoms with E-state index in [1.807, 2.05) is 22.7 Å². The van der Waals surface area contributed by atoms with Gasteiger partial charge in [0.1, 0.15) is 0 Å². The van der Waals surface area contributed by atoms with Crippen molar-refractivity contribution in [2.45, 2.75) is 5.41 Å². The maximum absolute atomic E-state index is 2.50. The summed E-state index contributed by atoms with van der Waals surface area (Å²) < 4.78 is 5.27. The fourth-order valence-electron chi connectivity index (χ4n) is 12.9.